The van der Waals surface area contributed by atoms with Crippen LogP contribution in [0.25, 0.3) is 0 Å². The van der Waals surface area contributed by atoms with Crippen LogP contribution in [0.15, 0.2) is 18.2 Å². The second kappa shape index (κ2) is 6.11. The third kappa shape index (κ3) is 3.17. The molecule has 1 heterocycles. The minimum Gasteiger partial charge on any atom is -0.480 e. The lowest BCUT2D eigenvalue weighted by Gasteiger charge is -2.20. The number of carboxylic acids is 1. The molecule has 1 unspecified atom stereocenters. The molecule has 1 saturated heterocycles. The average molecular weight is 278 g/mol. The third-order valence-corrected chi connectivity index (χ3v) is 3.02. The van der Waals surface area contributed by atoms with E-state index in [-0.39, 0.29) is 12.4 Å². The van der Waals surface area contributed by atoms with Crippen LogP contribution in [0.3, 0.4) is 0 Å². The average Bonchev–Trinajstić information content (AvgIpc) is 2.72. The number of hydrogen-bond donors (Lipinski definition) is 1. The second-order valence-corrected chi connectivity index (χ2v) is 4.22. The summed E-state index contributed by atoms with van der Waals surface area (Å²) in [5, 5.41) is 8.98. The lowest BCUT2D eigenvalue weighted by atomic mass is 10.1. The van der Waals surface area contributed by atoms with E-state index < -0.39 is 23.6 Å². The summed E-state index contributed by atoms with van der Waals surface area (Å²) < 4.78 is 25.7. The Bertz CT molecular complexity index is 442. The Kier molecular flexibility index (Phi) is 5.04. The number of rotatable bonds is 3. The number of nitrogens with zero attached hydrogens (tertiary/aromatic N) is 1. The normalized spacial score (nSPS) is 19.6. The first-order valence-electron chi connectivity index (χ1n) is 5.48. The van der Waals surface area contributed by atoms with Crippen molar-refractivity contribution < 1.29 is 18.7 Å². The van der Waals surface area contributed by atoms with E-state index in [1.54, 1.807) is 4.90 Å². The van der Waals surface area contributed by atoms with Crippen molar-refractivity contribution in [1.29, 1.82) is 0 Å². The molecule has 100 valence electrons. The minimum absolute atomic E-state index is 0. The molecule has 0 aromatic heterocycles. The number of hydrogen-bond acceptors (Lipinski definition) is 2. The van der Waals surface area contributed by atoms with Crippen LogP contribution in [0, 0.1) is 11.6 Å². The predicted octanol–water partition coefficient (Wildman–Crippen LogP) is 2.44. The van der Waals surface area contributed by atoms with Gasteiger partial charge in [0.05, 0.1) is 0 Å². The van der Waals surface area contributed by atoms with Gasteiger partial charge < -0.3 is 5.11 Å². The highest BCUT2D eigenvalue weighted by Gasteiger charge is 2.30. The number of likely N-dealkylation sites (tertiary alicyclic amines) is 1. The topological polar surface area (TPSA) is 40.5 Å². The molecule has 6 heteroatoms. The van der Waals surface area contributed by atoms with E-state index in [2.05, 4.69) is 0 Å². The van der Waals surface area contributed by atoms with Crippen LogP contribution >= 0.6 is 12.4 Å². The Hall–Kier alpha value is -1.20. The van der Waals surface area contributed by atoms with Crippen molar-refractivity contribution in [3.8, 4) is 0 Å². The van der Waals surface area contributed by atoms with Gasteiger partial charge in [-0.2, -0.15) is 0 Å². The number of aliphatic carboxylic acids is 1. The molecule has 1 aromatic rings. The van der Waals surface area contributed by atoms with Crippen molar-refractivity contribution in [3.63, 3.8) is 0 Å². The molecule has 0 amide bonds. The molecule has 0 bridgehead atoms. The lowest BCUT2D eigenvalue weighted by molar-refractivity contribution is -0.142. The summed E-state index contributed by atoms with van der Waals surface area (Å²) >= 11 is 0. The maximum atomic E-state index is 13.0. The molecular weight excluding hydrogens is 264 g/mol. The van der Waals surface area contributed by atoms with Gasteiger partial charge in [-0.15, -0.1) is 12.4 Å². The summed E-state index contributed by atoms with van der Waals surface area (Å²) in [7, 11) is 0. The van der Waals surface area contributed by atoms with Gasteiger partial charge in [0.25, 0.3) is 0 Å². The molecule has 0 aliphatic carbocycles. The Morgan fingerprint density at radius 2 is 2.11 bits per heavy atom. The minimum atomic E-state index is -0.895. The largest absolute Gasteiger partial charge is 0.480 e. The van der Waals surface area contributed by atoms with E-state index in [4.69, 9.17) is 5.11 Å². The molecule has 1 fully saturated rings. The van der Waals surface area contributed by atoms with Crippen LogP contribution in [-0.4, -0.2) is 28.6 Å². The van der Waals surface area contributed by atoms with Crippen LogP contribution in [0.2, 0.25) is 0 Å². The molecule has 2 rings (SSSR count). The van der Waals surface area contributed by atoms with Crippen molar-refractivity contribution in [2.24, 2.45) is 0 Å². The fourth-order valence-corrected chi connectivity index (χ4v) is 2.17. The van der Waals surface area contributed by atoms with Crippen LogP contribution in [-0.2, 0) is 11.3 Å². The van der Waals surface area contributed by atoms with Gasteiger partial charge >= 0.3 is 5.97 Å². The van der Waals surface area contributed by atoms with E-state index >= 15 is 0 Å². The first-order chi connectivity index (χ1) is 8.08. The molecule has 1 N–H and O–H groups in total. The monoisotopic (exact) mass is 277 g/mol. The van der Waals surface area contributed by atoms with Gasteiger partial charge in [0.1, 0.15) is 6.04 Å². The van der Waals surface area contributed by atoms with Crippen molar-refractivity contribution >= 4 is 18.4 Å². The molecule has 1 aliphatic heterocycles. The number of benzene rings is 1. The zero-order valence-electron chi connectivity index (χ0n) is 9.60. The summed E-state index contributed by atoms with van der Waals surface area (Å²) in [5.74, 6) is -2.64. The molecule has 1 aliphatic rings. The zero-order valence-corrected chi connectivity index (χ0v) is 10.4. The molecule has 0 radical (unpaired) electrons. The van der Waals surface area contributed by atoms with Crippen LogP contribution in [0.4, 0.5) is 8.78 Å². The van der Waals surface area contributed by atoms with Crippen molar-refractivity contribution in [2.45, 2.75) is 25.4 Å². The standard InChI is InChI=1S/C12H13F2NO2.ClH/c13-9-4-3-8(6-10(9)14)7-15-5-1-2-11(15)12(16)17;/h3-4,6,11H,1-2,5,7H2,(H,16,17);1H. The van der Waals surface area contributed by atoms with Gasteiger partial charge in [0, 0.05) is 6.54 Å². The number of carbonyl (C=O) groups is 1. The van der Waals surface area contributed by atoms with Crippen molar-refractivity contribution in [3.05, 3.63) is 35.4 Å². The Morgan fingerprint density at radius 1 is 1.39 bits per heavy atom. The van der Waals surface area contributed by atoms with Gasteiger partial charge in [0.2, 0.25) is 0 Å². The Labute approximate surface area is 110 Å². The van der Waals surface area contributed by atoms with Gasteiger partial charge in [-0.05, 0) is 37.1 Å². The van der Waals surface area contributed by atoms with E-state index in [0.717, 1.165) is 18.6 Å². The maximum Gasteiger partial charge on any atom is 0.320 e. The molecule has 18 heavy (non-hydrogen) atoms. The summed E-state index contributed by atoms with van der Waals surface area (Å²) in [6.07, 6.45) is 1.43. The van der Waals surface area contributed by atoms with Crippen LogP contribution in [0.5, 0.6) is 0 Å². The fraction of sp³-hybridized carbons (Fsp3) is 0.417. The molecular formula is C12H14ClF2NO2. The summed E-state index contributed by atoms with van der Waals surface area (Å²) in [4.78, 5) is 12.7. The highest BCUT2D eigenvalue weighted by Crippen LogP contribution is 2.21. The summed E-state index contributed by atoms with van der Waals surface area (Å²) in [5.41, 5.74) is 0.594. The predicted molar refractivity (Wildman–Crippen MR) is 64.7 cm³/mol. The Morgan fingerprint density at radius 3 is 2.72 bits per heavy atom. The molecule has 3 nitrogen and oxygen atoms in total. The van der Waals surface area contributed by atoms with E-state index in [0.29, 0.717) is 25.1 Å². The van der Waals surface area contributed by atoms with Gasteiger partial charge in [-0.1, -0.05) is 6.07 Å². The van der Waals surface area contributed by atoms with E-state index in [1.807, 2.05) is 0 Å². The van der Waals surface area contributed by atoms with Crippen molar-refractivity contribution in [1.82, 2.24) is 4.90 Å². The van der Waals surface area contributed by atoms with Crippen molar-refractivity contribution in [2.75, 3.05) is 6.54 Å². The summed E-state index contributed by atoms with van der Waals surface area (Å²) in [6.45, 7) is 1.02. The maximum absolute atomic E-state index is 13.0. The summed E-state index contributed by atoms with van der Waals surface area (Å²) in [6, 6.07) is 3.15. The Balaban J connectivity index is 0.00000162. The first-order valence-corrected chi connectivity index (χ1v) is 5.48. The highest BCUT2D eigenvalue weighted by molar-refractivity contribution is 5.85. The second-order valence-electron chi connectivity index (χ2n) is 4.22. The molecule has 0 spiro atoms. The van der Waals surface area contributed by atoms with Gasteiger partial charge in [0.15, 0.2) is 11.6 Å². The number of carboxylic acid groups (broad SMARTS) is 1. The number of halogens is 3. The molecule has 1 aromatic carbocycles. The molecule has 1 atom stereocenters. The molecule has 0 saturated carbocycles. The quantitative estimate of drug-likeness (QED) is 0.922. The smallest absolute Gasteiger partial charge is 0.320 e. The lowest BCUT2D eigenvalue weighted by Crippen LogP contribution is -2.35. The van der Waals surface area contributed by atoms with Crippen LogP contribution < -0.4 is 0 Å². The SMILES string of the molecule is Cl.O=C(O)C1CCCN1Cc1ccc(F)c(F)c1. The van der Waals surface area contributed by atoms with E-state index in [1.165, 1.54) is 6.07 Å². The van der Waals surface area contributed by atoms with Crippen LogP contribution in [0.1, 0.15) is 18.4 Å². The third-order valence-electron chi connectivity index (χ3n) is 3.02. The van der Waals surface area contributed by atoms with Gasteiger partial charge in [-0.25, -0.2) is 8.78 Å². The van der Waals surface area contributed by atoms with Gasteiger partial charge in [-0.3, -0.25) is 9.69 Å². The first kappa shape index (κ1) is 14.9. The zero-order chi connectivity index (χ0) is 12.4. The van der Waals surface area contributed by atoms with E-state index in [9.17, 15) is 13.6 Å². The highest BCUT2D eigenvalue weighted by atomic mass is 35.5. The fourth-order valence-electron chi connectivity index (χ4n) is 2.17.